The number of hydrogen-bond acceptors (Lipinski definition) is 2. The van der Waals surface area contributed by atoms with Gasteiger partial charge in [0.1, 0.15) is 6.04 Å². The molecule has 2 heteroatoms. The van der Waals surface area contributed by atoms with Gasteiger partial charge in [0.15, 0.2) is 0 Å². The zero-order valence-electron chi connectivity index (χ0n) is 9.82. The van der Waals surface area contributed by atoms with E-state index in [2.05, 4.69) is 58.8 Å². The lowest BCUT2D eigenvalue weighted by Crippen LogP contribution is -1.97. The van der Waals surface area contributed by atoms with Crippen LogP contribution in [0.15, 0.2) is 58.8 Å². The molecule has 2 aromatic carbocycles. The summed E-state index contributed by atoms with van der Waals surface area (Å²) in [5.41, 5.74) is 5.58. The minimum absolute atomic E-state index is 0.295. The molecule has 18 heavy (non-hydrogen) atoms. The maximum absolute atomic E-state index is 4.50. The highest BCUT2D eigenvalue weighted by atomic mass is 15.2. The minimum Gasteiger partial charge on any atom is -0.189 e. The Kier molecular flexibility index (Phi) is 1.45. The predicted molar refractivity (Wildman–Crippen MR) is 69.5 cm³/mol. The van der Waals surface area contributed by atoms with Crippen molar-refractivity contribution in [1.29, 1.82) is 0 Å². The molecule has 5 rings (SSSR count). The number of hydrogen-bond donors (Lipinski definition) is 0. The summed E-state index contributed by atoms with van der Waals surface area (Å²) in [5, 5.41) is 8.97. The molecule has 4 unspecified atom stereocenters. The van der Waals surface area contributed by atoms with Gasteiger partial charge in [0.05, 0.1) is 6.04 Å². The van der Waals surface area contributed by atoms with Gasteiger partial charge in [-0.05, 0) is 22.3 Å². The second-order valence-corrected chi connectivity index (χ2v) is 5.44. The SMILES string of the molecule is c1ccc2c(c1)-c1ccccc1C1C3N=NC2C31. The van der Waals surface area contributed by atoms with Gasteiger partial charge < -0.3 is 0 Å². The maximum Gasteiger partial charge on any atom is 0.102 e. The Labute approximate surface area is 105 Å². The van der Waals surface area contributed by atoms with Crippen molar-refractivity contribution in [1.82, 2.24) is 0 Å². The summed E-state index contributed by atoms with van der Waals surface area (Å²) in [5.74, 6) is 1.23. The van der Waals surface area contributed by atoms with E-state index in [-0.39, 0.29) is 0 Å². The van der Waals surface area contributed by atoms with Gasteiger partial charge in [0.2, 0.25) is 0 Å². The molecule has 3 aliphatic rings. The monoisotopic (exact) mass is 232 g/mol. The fraction of sp³-hybridized carbons (Fsp3) is 0.250. The van der Waals surface area contributed by atoms with Crippen molar-refractivity contribution in [3.05, 3.63) is 59.7 Å². The normalized spacial score (nSPS) is 33.3. The summed E-state index contributed by atoms with van der Waals surface area (Å²) >= 11 is 0. The standard InChI is InChI=1S/C16H12N2/c1-3-7-11-9(5-1)10-6-2-4-8-12(10)15-14-13(11)16(14)18-17-15/h1-8,13-16H. The fourth-order valence-electron chi connectivity index (χ4n) is 3.77. The van der Waals surface area contributed by atoms with Crippen LogP contribution in [0.2, 0.25) is 0 Å². The smallest absolute Gasteiger partial charge is 0.102 e. The molecule has 1 aliphatic heterocycles. The quantitative estimate of drug-likeness (QED) is 0.657. The number of rotatable bonds is 0. The Morgan fingerprint density at radius 2 is 1.39 bits per heavy atom. The molecule has 0 aromatic heterocycles. The Bertz CT molecular complexity index is 689. The lowest BCUT2D eigenvalue weighted by atomic mass is 9.93. The number of azo groups is 1. The summed E-state index contributed by atoms with van der Waals surface area (Å²) in [7, 11) is 0. The maximum atomic E-state index is 4.50. The van der Waals surface area contributed by atoms with Crippen LogP contribution < -0.4 is 0 Å². The van der Waals surface area contributed by atoms with Gasteiger partial charge in [-0.3, -0.25) is 0 Å². The first kappa shape index (κ1) is 9.03. The van der Waals surface area contributed by atoms with E-state index in [0.29, 0.717) is 23.9 Å². The first-order valence-electron chi connectivity index (χ1n) is 6.53. The molecule has 1 heterocycles. The van der Waals surface area contributed by atoms with E-state index in [1.807, 2.05) is 0 Å². The molecule has 1 fully saturated rings. The van der Waals surface area contributed by atoms with Crippen LogP contribution >= 0.6 is 0 Å². The number of nitrogens with zero attached hydrogens (tertiary/aromatic N) is 2. The molecule has 0 saturated heterocycles. The lowest BCUT2D eigenvalue weighted by molar-refractivity contribution is 0.635. The summed E-state index contributed by atoms with van der Waals surface area (Å²) in [6, 6.07) is 18.2. The van der Waals surface area contributed by atoms with Crippen LogP contribution in [0.5, 0.6) is 0 Å². The van der Waals surface area contributed by atoms with E-state index in [1.54, 1.807) is 0 Å². The summed E-state index contributed by atoms with van der Waals surface area (Å²) in [6.07, 6.45) is 0. The van der Waals surface area contributed by atoms with Crippen molar-refractivity contribution in [2.24, 2.45) is 16.1 Å². The van der Waals surface area contributed by atoms with Gasteiger partial charge in [-0.2, -0.15) is 10.2 Å². The van der Waals surface area contributed by atoms with Crippen molar-refractivity contribution in [3.8, 4) is 11.1 Å². The minimum atomic E-state index is 0.295. The Morgan fingerprint density at radius 1 is 0.722 bits per heavy atom. The molecule has 0 radical (unpaired) electrons. The van der Waals surface area contributed by atoms with Crippen LogP contribution in [0.3, 0.4) is 0 Å². The number of benzene rings is 2. The van der Waals surface area contributed by atoms with Gasteiger partial charge in [-0.15, -0.1) is 0 Å². The van der Waals surface area contributed by atoms with Crippen LogP contribution in [0.25, 0.3) is 11.1 Å². The van der Waals surface area contributed by atoms with Crippen LogP contribution in [0.4, 0.5) is 0 Å². The molecule has 4 atom stereocenters. The Morgan fingerprint density at radius 3 is 2.22 bits per heavy atom. The van der Waals surface area contributed by atoms with Crippen molar-refractivity contribution in [2.45, 2.75) is 18.0 Å². The van der Waals surface area contributed by atoms with Crippen molar-refractivity contribution in [2.75, 3.05) is 0 Å². The number of fused-ring (bicyclic) bond motifs is 6. The van der Waals surface area contributed by atoms with Gasteiger partial charge >= 0.3 is 0 Å². The molecule has 2 aromatic rings. The largest absolute Gasteiger partial charge is 0.189 e. The first-order chi connectivity index (χ1) is 8.95. The highest BCUT2D eigenvalue weighted by Gasteiger charge is 2.61. The third-order valence-corrected chi connectivity index (χ3v) is 4.61. The summed E-state index contributed by atoms with van der Waals surface area (Å²) < 4.78 is 0. The third-order valence-electron chi connectivity index (χ3n) is 4.61. The zero-order chi connectivity index (χ0) is 11.7. The second kappa shape index (κ2) is 2.89. The van der Waals surface area contributed by atoms with Gasteiger partial charge in [-0.25, -0.2) is 0 Å². The Hall–Kier alpha value is -1.96. The third kappa shape index (κ3) is 0.916. The second-order valence-electron chi connectivity index (χ2n) is 5.44. The fourth-order valence-corrected chi connectivity index (χ4v) is 3.77. The van der Waals surface area contributed by atoms with Gasteiger partial charge in [-0.1, -0.05) is 48.5 Å². The topological polar surface area (TPSA) is 24.7 Å². The molecular formula is C16H12N2. The van der Waals surface area contributed by atoms with Crippen molar-refractivity contribution < 1.29 is 0 Å². The molecule has 0 bridgehead atoms. The highest BCUT2D eigenvalue weighted by molar-refractivity contribution is 5.75. The Balaban J connectivity index is 1.89. The van der Waals surface area contributed by atoms with E-state index in [9.17, 15) is 0 Å². The predicted octanol–water partition coefficient (Wildman–Crippen LogP) is 3.96. The van der Waals surface area contributed by atoms with E-state index >= 15 is 0 Å². The molecule has 2 aliphatic carbocycles. The van der Waals surface area contributed by atoms with Crippen LogP contribution in [0, 0.1) is 5.92 Å². The average molecular weight is 232 g/mol. The van der Waals surface area contributed by atoms with E-state index in [1.165, 1.54) is 22.3 Å². The van der Waals surface area contributed by atoms with Crippen LogP contribution in [0.1, 0.15) is 23.1 Å². The summed E-state index contributed by atoms with van der Waals surface area (Å²) in [6.45, 7) is 0. The van der Waals surface area contributed by atoms with Gasteiger partial charge in [0, 0.05) is 11.8 Å². The molecule has 86 valence electrons. The molecule has 0 spiro atoms. The van der Waals surface area contributed by atoms with Crippen LogP contribution in [-0.4, -0.2) is 6.04 Å². The zero-order valence-corrected chi connectivity index (χ0v) is 9.82. The first-order valence-corrected chi connectivity index (χ1v) is 6.53. The van der Waals surface area contributed by atoms with Crippen molar-refractivity contribution in [3.63, 3.8) is 0 Å². The van der Waals surface area contributed by atoms with E-state index in [0.717, 1.165) is 0 Å². The van der Waals surface area contributed by atoms with E-state index in [4.69, 9.17) is 0 Å². The van der Waals surface area contributed by atoms with E-state index < -0.39 is 0 Å². The van der Waals surface area contributed by atoms with Gasteiger partial charge in [0.25, 0.3) is 0 Å². The molecule has 1 saturated carbocycles. The highest BCUT2D eigenvalue weighted by Crippen LogP contribution is 2.65. The molecular weight excluding hydrogens is 220 g/mol. The lowest BCUT2D eigenvalue weighted by Gasteiger charge is -2.12. The summed E-state index contributed by atoms with van der Waals surface area (Å²) in [4.78, 5) is 0. The van der Waals surface area contributed by atoms with Crippen LogP contribution in [-0.2, 0) is 0 Å². The molecule has 2 nitrogen and oxygen atoms in total. The van der Waals surface area contributed by atoms with Crippen molar-refractivity contribution >= 4 is 0 Å². The molecule has 0 N–H and O–H groups in total. The molecule has 0 amide bonds. The average Bonchev–Trinajstić information content (AvgIpc) is 3.00.